The maximum absolute atomic E-state index is 3.47. The third-order valence-electron chi connectivity index (χ3n) is 4.22. The van der Waals surface area contributed by atoms with E-state index in [1.165, 1.54) is 89.9 Å². The van der Waals surface area contributed by atoms with Crippen LogP contribution in [0.15, 0.2) is 0 Å². The van der Waals surface area contributed by atoms with Gasteiger partial charge in [0.15, 0.2) is 0 Å². The quantitative estimate of drug-likeness (QED) is 0.355. The molecule has 0 aliphatic heterocycles. The molecule has 0 amide bonds. The molecular weight excluding hydrogens is 230 g/mol. The zero-order chi connectivity index (χ0) is 14.2. The Kier molecular flexibility index (Phi) is 16.0. The molecule has 0 radical (unpaired) electrons. The molecule has 0 saturated heterocycles. The van der Waals surface area contributed by atoms with E-state index < -0.39 is 0 Å². The molecule has 0 aromatic heterocycles. The summed E-state index contributed by atoms with van der Waals surface area (Å²) >= 11 is 0. The lowest BCUT2D eigenvalue weighted by Gasteiger charge is -2.15. The third-order valence-corrected chi connectivity index (χ3v) is 4.22. The summed E-state index contributed by atoms with van der Waals surface area (Å²) in [6.07, 6.45) is 19.9. The van der Waals surface area contributed by atoms with Crippen LogP contribution in [-0.2, 0) is 0 Å². The van der Waals surface area contributed by atoms with Gasteiger partial charge >= 0.3 is 0 Å². The van der Waals surface area contributed by atoms with Crippen LogP contribution in [0.25, 0.3) is 0 Å². The molecule has 116 valence electrons. The van der Waals surface area contributed by atoms with Crippen molar-refractivity contribution in [3.8, 4) is 0 Å². The van der Waals surface area contributed by atoms with Gasteiger partial charge in [-0.2, -0.15) is 0 Å². The van der Waals surface area contributed by atoms with Crippen LogP contribution in [0, 0.1) is 0 Å². The molecule has 0 bridgehead atoms. The average molecular weight is 270 g/mol. The second kappa shape index (κ2) is 16.0. The number of hydrogen-bond donors (Lipinski definition) is 1. The first kappa shape index (κ1) is 19.0. The van der Waals surface area contributed by atoms with Crippen molar-refractivity contribution in [1.82, 2.24) is 5.32 Å². The molecule has 0 aliphatic carbocycles. The van der Waals surface area contributed by atoms with Gasteiger partial charge in [0, 0.05) is 6.04 Å². The van der Waals surface area contributed by atoms with Crippen LogP contribution in [0.4, 0.5) is 0 Å². The lowest BCUT2D eigenvalue weighted by molar-refractivity contribution is 0.444. The Hall–Kier alpha value is -0.0400. The Morgan fingerprint density at radius 1 is 0.579 bits per heavy atom. The third kappa shape index (κ3) is 14.2. The molecule has 0 aliphatic rings. The molecular formula is C18H39N. The van der Waals surface area contributed by atoms with Crippen LogP contribution in [0.3, 0.4) is 0 Å². The van der Waals surface area contributed by atoms with Gasteiger partial charge in [-0.15, -0.1) is 0 Å². The van der Waals surface area contributed by atoms with Crippen LogP contribution in [-0.4, -0.2) is 13.1 Å². The van der Waals surface area contributed by atoms with Gasteiger partial charge in [-0.05, 0) is 19.9 Å². The van der Waals surface area contributed by atoms with Gasteiger partial charge in [-0.25, -0.2) is 0 Å². The highest BCUT2D eigenvalue weighted by Gasteiger charge is 2.04. The fraction of sp³-hybridized carbons (Fsp3) is 1.00. The highest BCUT2D eigenvalue weighted by Crippen LogP contribution is 2.13. The zero-order valence-electron chi connectivity index (χ0n) is 14.0. The van der Waals surface area contributed by atoms with E-state index in [2.05, 4.69) is 26.2 Å². The minimum Gasteiger partial charge on any atom is -0.317 e. The SMILES string of the molecule is CCCCCCCCCCCCC(CCCC)NC. The summed E-state index contributed by atoms with van der Waals surface area (Å²) in [5.74, 6) is 0. The van der Waals surface area contributed by atoms with Crippen molar-refractivity contribution in [1.29, 1.82) is 0 Å². The first-order valence-electron chi connectivity index (χ1n) is 9.02. The van der Waals surface area contributed by atoms with E-state index in [1.807, 2.05) is 0 Å². The van der Waals surface area contributed by atoms with Crippen molar-refractivity contribution in [2.75, 3.05) is 7.05 Å². The smallest absolute Gasteiger partial charge is 0.00640 e. The average Bonchev–Trinajstić information content (AvgIpc) is 2.44. The van der Waals surface area contributed by atoms with Gasteiger partial charge in [0.2, 0.25) is 0 Å². The van der Waals surface area contributed by atoms with Gasteiger partial charge < -0.3 is 5.32 Å². The summed E-state index contributed by atoms with van der Waals surface area (Å²) < 4.78 is 0. The number of nitrogens with one attached hydrogen (secondary N) is 1. The van der Waals surface area contributed by atoms with Crippen molar-refractivity contribution in [3.63, 3.8) is 0 Å². The van der Waals surface area contributed by atoms with E-state index in [0.717, 1.165) is 6.04 Å². The lowest BCUT2D eigenvalue weighted by atomic mass is 10.0. The Morgan fingerprint density at radius 3 is 1.47 bits per heavy atom. The highest BCUT2D eigenvalue weighted by molar-refractivity contribution is 4.64. The molecule has 0 heterocycles. The Bertz CT molecular complexity index is 156. The molecule has 0 aromatic rings. The normalized spacial score (nSPS) is 12.8. The fourth-order valence-electron chi connectivity index (χ4n) is 2.76. The first-order valence-corrected chi connectivity index (χ1v) is 9.02. The Morgan fingerprint density at radius 2 is 1.00 bits per heavy atom. The van der Waals surface area contributed by atoms with Crippen LogP contribution in [0.2, 0.25) is 0 Å². The van der Waals surface area contributed by atoms with Crippen molar-refractivity contribution < 1.29 is 0 Å². The summed E-state index contributed by atoms with van der Waals surface area (Å²) in [6, 6.07) is 0.772. The molecule has 1 unspecified atom stereocenters. The van der Waals surface area contributed by atoms with E-state index in [-0.39, 0.29) is 0 Å². The number of hydrogen-bond acceptors (Lipinski definition) is 1. The van der Waals surface area contributed by atoms with Crippen molar-refractivity contribution in [2.24, 2.45) is 0 Å². The number of rotatable bonds is 15. The molecule has 0 saturated carbocycles. The van der Waals surface area contributed by atoms with Crippen molar-refractivity contribution in [3.05, 3.63) is 0 Å². The van der Waals surface area contributed by atoms with E-state index in [0.29, 0.717) is 0 Å². The predicted octanol–water partition coefficient (Wildman–Crippen LogP) is 6.08. The van der Waals surface area contributed by atoms with Crippen LogP contribution in [0.5, 0.6) is 0 Å². The van der Waals surface area contributed by atoms with E-state index in [1.54, 1.807) is 0 Å². The van der Waals surface area contributed by atoms with Crippen LogP contribution in [0.1, 0.15) is 104 Å². The predicted molar refractivity (Wildman–Crippen MR) is 88.8 cm³/mol. The molecule has 1 N–H and O–H groups in total. The molecule has 1 heteroatoms. The van der Waals surface area contributed by atoms with Gasteiger partial charge in [0.25, 0.3) is 0 Å². The molecule has 0 aromatic carbocycles. The topological polar surface area (TPSA) is 12.0 Å². The lowest BCUT2D eigenvalue weighted by Crippen LogP contribution is -2.24. The van der Waals surface area contributed by atoms with Gasteiger partial charge in [-0.1, -0.05) is 90.9 Å². The first-order chi connectivity index (χ1) is 9.35. The summed E-state index contributed by atoms with van der Waals surface area (Å²) in [4.78, 5) is 0. The van der Waals surface area contributed by atoms with Crippen molar-refractivity contribution in [2.45, 2.75) is 110 Å². The zero-order valence-corrected chi connectivity index (χ0v) is 14.0. The Labute approximate surface area is 122 Å². The molecule has 1 nitrogen and oxygen atoms in total. The monoisotopic (exact) mass is 269 g/mol. The Balaban J connectivity index is 3.16. The fourth-order valence-corrected chi connectivity index (χ4v) is 2.76. The maximum Gasteiger partial charge on any atom is 0.00640 e. The van der Waals surface area contributed by atoms with E-state index >= 15 is 0 Å². The van der Waals surface area contributed by atoms with E-state index in [9.17, 15) is 0 Å². The summed E-state index contributed by atoms with van der Waals surface area (Å²) in [7, 11) is 2.12. The second-order valence-electron chi connectivity index (χ2n) is 6.10. The van der Waals surface area contributed by atoms with Crippen molar-refractivity contribution >= 4 is 0 Å². The molecule has 0 rings (SSSR count). The highest BCUT2D eigenvalue weighted by atomic mass is 14.9. The molecule has 19 heavy (non-hydrogen) atoms. The van der Waals surface area contributed by atoms with Crippen LogP contribution < -0.4 is 5.32 Å². The maximum atomic E-state index is 3.47. The molecule has 1 atom stereocenters. The second-order valence-corrected chi connectivity index (χ2v) is 6.10. The minimum atomic E-state index is 0.772. The molecule has 0 fully saturated rings. The largest absolute Gasteiger partial charge is 0.317 e. The number of unbranched alkanes of at least 4 members (excludes halogenated alkanes) is 10. The van der Waals surface area contributed by atoms with Gasteiger partial charge in [0.1, 0.15) is 0 Å². The van der Waals surface area contributed by atoms with Gasteiger partial charge in [-0.3, -0.25) is 0 Å². The summed E-state index contributed by atoms with van der Waals surface area (Å²) in [5, 5.41) is 3.47. The van der Waals surface area contributed by atoms with Crippen LogP contribution >= 0.6 is 0 Å². The van der Waals surface area contributed by atoms with Gasteiger partial charge in [0.05, 0.1) is 0 Å². The van der Waals surface area contributed by atoms with E-state index in [4.69, 9.17) is 0 Å². The summed E-state index contributed by atoms with van der Waals surface area (Å²) in [5.41, 5.74) is 0. The minimum absolute atomic E-state index is 0.772. The summed E-state index contributed by atoms with van der Waals surface area (Å²) in [6.45, 7) is 4.58. The standard InChI is InChI=1S/C18H39N/c1-4-6-8-9-10-11-12-13-14-15-17-18(19-3)16-7-5-2/h18-19H,4-17H2,1-3H3. The molecule has 0 spiro atoms.